The Labute approximate surface area is 90.7 Å². The second-order valence-corrected chi connectivity index (χ2v) is 3.87. The lowest BCUT2D eigenvalue weighted by Gasteiger charge is -1.97. The quantitative estimate of drug-likeness (QED) is 0.480. The van der Waals surface area contributed by atoms with Crippen LogP contribution in [0.4, 0.5) is 0 Å². The van der Waals surface area contributed by atoms with Crippen molar-refractivity contribution >= 4 is 32.8 Å². The van der Waals surface area contributed by atoms with Crippen LogP contribution in [0, 0.1) is 0 Å². The van der Waals surface area contributed by atoms with Crippen LogP contribution >= 0.6 is 0 Å². The second kappa shape index (κ2) is 2.64. The number of H-pyrrole nitrogens is 1. The molecule has 2 aromatic carbocycles. The van der Waals surface area contributed by atoms with Gasteiger partial charge in [-0.2, -0.15) is 5.10 Å². The first-order valence-electron chi connectivity index (χ1n) is 5.17. The molecule has 0 atom stereocenters. The number of nitrogens with one attached hydrogen (secondary N) is 1. The first-order chi connectivity index (χ1) is 7.93. The molecule has 0 saturated carbocycles. The smallest absolute Gasteiger partial charge is 0.173 e. The molecule has 0 aliphatic heterocycles. The number of furan rings is 1. The lowest BCUT2D eigenvalue weighted by atomic mass is 10.1. The summed E-state index contributed by atoms with van der Waals surface area (Å²) in [6.07, 6.45) is 1.71. The van der Waals surface area contributed by atoms with Crippen LogP contribution in [0.3, 0.4) is 0 Å². The number of nitrogens with zero attached hydrogens (tertiary/aromatic N) is 1. The fourth-order valence-electron chi connectivity index (χ4n) is 2.24. The Kier molecular flexibility index (Phi) is 1.31. The monoisotopic (exact) mass is 208 g/mol. The molecule has 0 fully saturated rings. The van der Waals surface area contributed by atoms with Gasteiger partial charge in [0.05, 0.1) is 11.6 Å². The van der Waals surface area contributed by atoms with Crippen LogP contribution in [-0.2, 0) is 0 Å². The van der Waals surface area contributed by atoms with Crippen molar-refractivity contribution in [2.45, 2.75) is 0 Å². The van der Waals surface area contributed by atoms with Crippen LogP contribution in [0.1, 0.15) is 0 Å². The minimum atomic E-state index is 0.811. The van der Waals surface area contributed by atoms with Gasteiger partial charge in [-0.3, -0.25) is 5.10 Å². The molecule has 0 aliphatic rings. The van der Waals surface area contributed by atoms with Gasteiger partial charge >= 0.3 is 0 Å². The van der Waals surface area contributed by atoms with Crippen molar-refractivity contribution < 1.29 is 4.42 Å². The fraction of sp³-hybridized carbons (Fsp3) is 0. The lowest BCUT2D eigenvalue weighted by Crippen LogP contribution is -1.74. The molecule has 1 N–H and O–H groups in total. The van der Waals surface area contributed by atoms with Gasteiger partial charge in [0.25, 0.3) is 0 Å². The van der Waals surface area contributed by atoms with E-state index in [1.165, 1.54) is 10.8 Å². The van der Waals surface area contributed by atoms with Crippen LogP contribution in [0.2, 0.25) is 0 Å². The van der Waals surface area contributed by atoms with E-state index in [2.05, 4.69) is 28.4 Å². The molecule has 0 saturated heterocycles. The van der Waals surface area contributed by atoms with E-state index >= 15 is 0 Å². The molecular weight excluding hydrogens is 200 g/mol. The number of aromatic nitrogens is 2. The zero-order valence-electron chi connectivity index (χ0n) is 8.40. The van der Waals surface area contributed by atoms with Crippen molar-refractivity contribution in [1.29, 1.82) is 0 Å². The Morgan fingerprint density at radius 1 is 1.00 bits per heavy atom. The molecule has 0 amide bonds. The summed E-state index contributed by atoms with van der Waals surface area (Å²) in [7, 11) is 0. The molecule has 2 aromatic heterocycles. The molecule has 4 aromatic rings. The average Bonchev–Trinajstić information content (AvgIpc) is 2.88. The van der Waals surface area contributed by atoms with Crippen molar-refractivity contribution in [3.8, 4) is 0 Å². The van der Waals surface area contributed by atoms with Gasteiger partial charge in [0.1, 0.15) is 11.1 Å². The maximum Gasteiger partial charge on any atom is 0.173 e. The Bertz CT molecular complexity index is 810. The number of hydrogen-bond donors (Lipinski definition) is 1. The van der Waals surface area contributed by atoms with E-state index in [0.29, 0.717) is 0 Å². The number of fused-ring (bicyclic) bond motifs is 5. The lowest BCUT2D eigenvalue weighted by molar-refractivity contribution is 0.669. The first kappa shape index (κ1) is 7.93. The SMILES string of the molecule is c1ccc2c(c1)ccc1oc3cn[nH]c3c12. The molecule has 16 heavy (non-hydrogen) atoms. The predicted octanol–water partition coefficient (Wildman–Crippen LogP) is 3.46. The first-order valence-corrected chi connectivity index (χ1v) is 5.17. The molecule has 76 valence electrons. The van der Waals surface area contributed by atoms with E-state index in [9.17, 15) is 0 Å². The van der Waals surface area contributed by atoms with E-state index in [1.54, 1.807) is 6.20 Å². The van der Waals surface area contributed by atoms with Crippen LogP contribution in [0.25, 0.3) is 32.8 Å². The number of rotatable bonds is 0. The van der Waals surface area contributed by atoms with E-state index in [1.807, 2.05) is 18.2 Å². The largest absolute Gasteiger partial charge is 0.453 e. The van der Waals surface area contributed by atoms with E-state index in [0.717, 1.165) is 22.1 Å². The highest BCUT2D eigenvalue weighted by Gasteiger charge is 2.10. The molecule has 0 aliphatic carbocycles. The average molecular weight is 208 g/mol. The van der Waals surface area contributed by atoms with Crippen LogP contribution < -0.4 is 0 Å². The molecule has 0 bridgehead atoms. The second-order valence-electron chi connectivity index (χ2n) is 3.87. The van der Waals surface area contributed by atoms with Crippen molar-refractivity contribution in [2.75, 3.05) is 0 Å². The van der Waals surface area contributed by atoms with Gasteiger partial charge in [-0.1, -0.05) is 30.3 Å². The van der Waals surface area contributed by atoms with E-state index < -0.39 is 0 Å². The van der Waals surface area contributed by atoms with Gasteiger partial charge in [0.2, 0.25) is 0 Å². The van der Waals surface area contributed by atoms with Crippen molar-refractivity contribution in [3.63, 3.8) is 0 Å². The van der Waals surface area contributed by atoms with Crippen molar-refractivity contribution in [3.05, 3.63) is 42.6 Å². The maximum absolute atomic E-state index is 5.71. The summed E-state index contributed by atoms with van der Waals surface area (Å²) >= 11 is 0. The van der Waals surface area contributed by atoms with Gasteiger partial charge in [-0.15, -0.1) is 0 Å². The fourth-order valence-corrected chi connectivity index (χ4v) is 2.24. The molecule has 2 heterocycles. The standard InChI is InChI=1S/C13H8N2O/c1-2-4-9-8(3-1)5-6-10-12(9)13-11(16-10)7-14-15-13/h1-7H,(H,14,15). The molecule has 0 radical (unpaired) electrons. The van der Waals surface area contributed by atoms with Gasteiger partial charge in [-0.25, -0.2) is 0 Å². The summed E-state index contributed by atoms with van der Waals surface area (Å²) in [6.45, 7) is 0. The van der Waals surface area contributed by atoms with Crippen LogP contribution in [-0.4, -0.2) is 10.2 Å². The zero-order valence-corrected chi connectivity index (χ0v) is 8.40. The summed E-state index contributed by atoms with van der Waals surface area (Å²) in [5, 5.41) is 10.5. The van der Waals surface area contributed by atoms with Crippen LogP contribution in [0.15, 0.2) is 47.0 Å². The Morgan fingerprint density at radius 3 is 2.94 bits per heavy atom. The third-order valence-electron chi connectivity index (χ3n) is 2.97. The molecule has 0 spiro atoms. The zero-order chi connectivity index (χ0) is 10.5. The highest BCUT2D eigenvalue weighted by molar-refractivity contribution is 6.17. The van der Waals surface area contributed by atoms with Crippen molar-refractivity contribution in [1.82, 2.24) is 10.2 Å². The van der Waals surface area contributed by atoms with Gasteiger partial charge in [-0.05, 0) is 16.8 Å². The van der Waals surface area contributed by atoms with Crippen molar-refractivity contribution in [2.24, 2.45) is 0 Å². The van der Waals surface area contributed by atoms with Crippen LogP contribution in [0.5, 0.6) is 0 Å². The summed E-state index contributed by atoms with van der Waals surface area (Å²) in [5.41, 5.74) is 2.69. The normalized spacial score (nSPS) is 11.8. The van der Waals surface area contributed by atoms with Gasteiger partial charge in [0.15, 0.2) is 5.58 Å². The number of benzene rings is 2. The summed E-state index contributed by atoms with van der Waals surface area (Å²) < 4.78 is 5.71. The predicted molar refractivity (Wildman–Crippen MR) is 63.4 cm³/mol. The molecule has 3 heteroatoms. The molecule has 4 rings (SSSR count). The Balaban J connectivity index is 2.41. The topological polar surface area (TPSA) is 41.8 Å². The third kappa shape index (κ3) is 0.852. The molecule has 0 unspecified atom stereocenters. The summed E-state index contributed by atoms with van der Waals surface area (Å²) in [6, 6.07) is 12.4. The van der Waals surface area contributed by atoms with Gasteiger partial charge in [0, 0.05) is 0 Å². The Morgan fingerprint density at radius 2 is 1.94 bits per heavy atom. The number of hydrogen-bond acceptors (Lipinski definition) is 2. The molecular formula is C13H8N2O. The summed E-state index contributed by atoms with van der Waals surface area (Å²) in [4.78, 5) is 0. The highest BCUT2D eigenvalue weighted by Crippen LogP contribution is 2.32. The summed E-state index contributed by atoms with van der Waals surface area (Å²) in [5.74, 6) is 0. The number of aromatic amines is 1. The third-order valence-corrected chi connectivity index (χ3v) is 2.97. The molecule has 3 nitrogen and oxygen atoms in total. The minimum absolute atomic E-state index is 0.811. The highest BCUT2D eigenvalue weighted by atomic mass is 16.3. The van der Waals surface area contributed by atoms with E-state index in [4.69, 9.17) is 4.42 Å². The van der Waals surface area contributed by atoms with E-state index in [-0.39, 0.29) is 0 Å². The van der Waals surface area contributed by atoms with Gasteiger partial charge < -0.3 is 4.42 Å². The maximum atomic E-state index is 5.71. The minimum Gasteiger partial charge on any atom is -0.453 e. The Hall–Kier alpha value is -2.29.